The van der Waals surface area contributed by atoms with E-state index in [1.54, 1.807) is 11.0 Å². The molecule has 0 bridgehead atoms. The maximum Gasteiger partial charge on any atom is 0.246 e. The van der Waals surface area contributed by atoms with Gasteiger partial charge in [-0.2, -0.15) is 0 Å². The van der Waals surface area contributed by atoms with Crippen molar-refractivity contribution in [2.24, 2.45) is 11.3 Å². The Hall–Kier alpha value is -1.77. The molecular formula is C21H34N2O6. The maximum atomic E-state index is 12.4. The zero-order valence-corrected chi connectivity index (χ0v) is 18.0. The van der Waals surface area contributed by atoms with Gasteiger partial charge < -0.3 is 19.1 Å². The van der Waals surface area contributed by atoms with Crippen molar-refractivity contribution in [1.29, 1.82) is 0 Å². The molecule has 8 nitrogen and oxygen atoms in total. The van der Waals surface area contributed by atoms with Crippen LogP contribution in [-0.2, 0) is 28.6 Å². The van der Waals surface area contributed by atoms with Gasteiger partial charge in [-0.25, -0.2) is 0 Å². The van der Waals surface area contributed by atoms with E-state index in [0.717, 1.165) is 0 Å². The summed E-state index contributed by atoms with van der Waals surface area (Å²) in [6.45, 7) is 11.3. The summed E-state index contributed by atoms with van der Waals surface area (Å²) in [6.07, 6.45) is 3.75. The summed E-state index contributed by atoms with van der Waals surface area (Å²) in [6, 6.07) is 0.130. The minimum absolute atomic E-state index is 0.0285. The zero-order valence-electron chi connectivity index (χ0n) is 18.0. The molecule has 0 N–H and O–H groups in total. The molecule has 0 radical (unpaired) electrons. The standard InChI is InChI=1S/C21H34N2O6/c1-16-5-6-18(24)22(16)7-9-27-11-13-29-14-12-28-10-8-23-19(25)15-17(20(23)26)21(2,3)4/h5-6,16-17H,7-15H2,1-4H3. The van der Waals surface area contributed by atoms with Crippen molar-refractivity contribution in [2.45, 2.75) is 40.2 Å². The Kier molecular flexibility index (Phi) is 8.79. The number of hydrogen-bond donors (Lipinski definition) is 0. The van der Waals surface area contributed by atoms with Gasteiger partial charge in [0.1, 0.15) is 0 Å². The Labute approximate surface area is 173 Å². The van der Waals surface area contributed by atoms with Crippen LogP contribution in [0.3, 0.4) is 0 Å². The van der Waals surface area contributed by atoms with E-state index in [-0.39, 0.29) is 48.1 Å². The second-order valence-electron chi connectivity index (χ2n) is 8.47. The number of amides is 3. The van der Waals surface area contributed by atoms with Gasteiger partial charge in [0.25, 0.3) is 0 Å². The summed E-state index contributed by atoms with van der Waals surface area (Å²) >= 11 is 0. The molecule has 164 valence electrons. The monoisotopic (exact) mass is 410 g/mol. The van der Waals surface area contributed by atoms with Crippen molar-refractivity contribution in [3.63, 3.8) is 0 Å². The molecule has 0 spiro atoms. The Morgan fingerprint density at radius 1 is 0.931 bits per heavy atom. The zero-order chi connectivity index (χ0) is 21.4. The molecule has 0 aliphatic carbocycles. The van der Waals surface area contributed by atoms with Crippen LogP contribution in [0.2, 0.25) is 0 Å². The lowest BCUT2D eigenvalue weighted by atomic mass is 9.80. The van der Waals surface area contributed by atoms with Crippen LogP contribution in [0.15, 0.2) is 12.2 Å². The molecule has 1 saturated heterocycles. The van der Waals surface area contributed by atoms with Gasteiger partial charge in [0.15, 0.2) is 0 Å². The van der Waals surface area contributed by atoms with Crippen LogP contribution >= 0.6 is 0 Å². The molecule has 0 aromatic carbocycles. The van der Waals surface area contributed by atoms with Crippen molar-refractivity contribution < 1.29 is 28.6 Å². The number of hydrogen-bond acceptors (Lipinski definition) is 6. The molecule has 2 aliphatic heterocycles. The van der Waals surface area contributed by atoms with E-state index in [0.29, 0.717) is 46.2 Å². The van der Waals surface area contributed by atoms with E-state index in [1.165, 1.54) is 4.90 Å². The summed E-state index contributed by atoms with van der Waals surface area (Å²) in [5.74, 6) is -0.435. The highest BCUT2D eigenvalue weighted by atomic mass is 16.5. The van der Waals surface area contributed by atoms with E-state index in [2.05, 4.69) is 0 Å². The van der Waals surface area contributed by atoms with Crippen LogP contribution in [0, 0.1) is 11.3 Å². The first-order valence-electron chi connectivity index (χ1n) is 10.3. The fourth-order valence-corrected chi connectivity index (χ4v) is 3.39. The molecule has 2 aliphatic rings. The average Bonchev–Trinajstić information content (AvgIpc) is 3.12. The quantitative estimate of drug-likeness (QED) is 0.356. The maximum absolute atomic E-state index is 12.4. The molecular weight excluding hydrogens is 376 g/mol. The van der Waals surface area contributed by atoms with Crippen LogP contribution in [0.25, 0.3) is 0 Å². The third kappa shape index (κ3) is 6.90. The second-order valence-corrected chi connectivity index (χ2v) is 8.47. The Balaban J connectivity index is 1.44. The van der Waals surface area contributed by atoms with Gasteiger partial charge in [-0.05, 0) is 12.3 Å². The highest BCUT2D eigenvalue weighted by Crippen LogP contribution is 2.35. The predicted octanol–water partition coefficient (Wildman–Crippen LogP) is 1.24. The van der Waals surface area contributed by atoms with Gasteiger partial charge in [0.05, 0.1) is 52.1 Å². The minimum Gasteiger partial charge on any atom is -0.377 e. The molecule has 0 aromatic heterocycles. The molecule has 3 amide bonds. The first-order valence-corrected chi connectivity index (χ1v) is 10.3. The molecule has 1 fully saturated rings. The van der Waals surface area contributed by atoms with Crippen LogP contribution < -0.4 is 0 Å². The molecule has 2 heterocycles. The summed E-state index contributed by atoms with van der Waals surface area (Å²) in [5.41, 5.74) is -0.211. The Morgan fingerprint density at radius 3 is 1.97 bits per heavy atom. The third-order valence-electron chi connectivity index (χ3n) is 5.26. The fourth-order valence-electron chi connectivity index (χ4n) is 3.39. The number of likely N-dealkylation sites (tertiary alicyclic amines) is 1. The lowest BCUT2D eigenvalue weighted by Crippen LogP contribution is -2.36. The lowest BCUT2D eigenvalue weighted by molar-refractivity contribution is -0.141. The van der Waals surface area contributed by atoms with Crippen molar-refractivity contribution in [1.82, 2.24) is 9.80 Å². The SMILES string of the molecule is CC1C=CC(=O)N1CCOCCOCCOCCN1C(=O)CC(C(C)(C)C)C1=O. The van der Waals surface area contributed by atoms with Crippen molar-refractivity contribution >= 4 is 17.7 Å². The van der Waals surface area contributed by atoms with Gasteiger partial charge in [-0.15, -0.1) is 0 Å². The number of carbonyl (C=O) groups excluding carboxylic acids is 3. The molecule has 0 aromatic rings. The molecule has 29 heavy (non-hydrogen) atoms. The Bertz CT molecular complexity index is 613. The van der Waals surface area contributed by atoms with Crippen LogP contribution in [0.4, 0.5) is 0 Å². The number of rotatable bonds is 12. The number of nitrogens with zero attached hydrogens (tertiary/aromatic N) is 2. The molecule has 2 unspecified atom stereocenters. The van der Waals surface area contributed by atoms with Gasteiger partial charge in [-0.1, -0.05) is 26.8 Å². The number of carbonyl (C=O) groups is 3. The molecule has 0 saturated carbocycles. The summed E-state index contributed by atoms with van der Waals surface area (Å²) in [5, 5.41) is 0. The first kappa shape index (κ1) is 23.5. The van der Waals surface area contributed by atoms with E-state index in [4.69, 9.17) is 14.2 Å². The minimum atomic E-state index is -0.249. The van der Waals surface area contributed by atoms with Crippen LogP contribution in [0.1, 0.15) is 34.1 Å². The van der Waals surface area contributed by atoms with Gasteiger partial charge in [0, 0.05) is 25.1 Å². The number of ether oxygens (including phenoxy) is 3. The summed E-state index contributed by atoms with van der Waals surface area (Å²) in [4.78, 5) is 39.0. The lowest BCUT2D eigenvalue weighted by Gasteiger charge is -2.24. The van der Waals surface area contributed by atoms with Gasteiger partial charge in [0.2, 0.25) is 17.7 Å². The highest BCUT2D eigenvalue weighted by Gasteiger charge is 2.44. The smallest absolute Gasteiger partial charge is 0.246 e. The fraction of sp³-hybridized carbons (Fsp3) is 0.762. The molecule has 2 rings (SSSR count). The average molecular weight is 411 g/mol. The van der Waals surface area contributed by atoms with Crippen molar-refractivity contribution in [3.8, 4) is 0 Å². The first-order chi connectivity index (χ1) is 13.7. The highest BCUT2D eigenvalue weighted by molar-refractivity contribution is 6.03. The van der Waals surface area contributed by atoms with E-state index >= 15 is 0 Å². The molecule has 2 atom stereocenters. The largest absolute Gasteiger partial charge is 0.377 e. The third-order valence-corrected chi connectivity index (χ3v) is 5.26. The van der Waals surface area contributed by atoms with Crippen molar-refractivity contribution in [3.05, 3.63) is 12.2 Å². The second kappa shape index (κ2) is 10.8. The van der Waals surface area contributed by atoms with E-state index in [9.17, 15) is 14.4 Å². The van der Waals surface area contributed by atoms with Crippen LogP contribution in [-0.4, -0.2) is 86.3 Å². The Morgan fingerprint density at radius 2 is 1.48 bits per heavy atom. The molecule has 8 heteroatoms. The van der Waals surface area contributed by atoms with E-state index in [1.807, 2.05) is 33.8 Å². The van der Waals surface area contributed by atoms with Crippen LogP contribution in [0.5, 0.6) is 0 Å². The summed E-state index contributed by atoms with van der Waals surface area (Å²) < 4.78 is 16.4. The topological polar surface area (TPSA) is 85.4 Å². The van der Waals surface area contributed by atoms with Gasteiger partial charge in [-0.3, -0.25) is 19.3 Å². The number of imide groups is 1. The van der Waals surface area contributed by atoms with E-state index < -0.39 is 0 Å². The van der Waals surface area contributed by atoms with Crippen molar-refractivity contribution in [2.75, 3.05) is 52.7 Å². The van der Waals surface area contributed by atoms with Gasteiger partial charge >= 0.3 is 0 Å². The summed E-state index contributed by atoms with van der Waals surface area (Å²) in [7, 11) is 0. The predicted molar refractivity (Wildman–Crippen MR) is 107 cm³/mol. The normalized spacial score (nSPS) is 22.4.